The second-order valence-corrected chi connectivity index (χ2v) is 3.29. The molecule has 0 unspecified atom stereocenters. The van der Waals surface area contributed by atoms with Gasteiger partial charge >= 0.3 is 0 Å². The van der Waals surface area contributed by atoms with Gasteiger partial charge in [-0.3, -0.25) is 0 Å². The third-order valence-electron chi connectivity index (χ3n) is 1.96. The molecule has 0 bridgehead atoms. The predicted molar refractivity (Wildman–Crippen MR) is 46.9 cm³/mol. The highest BCUT2D eigenvalue weighted by Gasteiger charge is 2.11. The van der Waals surface area contributed by atoms with Crippen molar-refractivity contribution in [2.75, 3.05) is 0 Å². The molecule has 1 rings (SSSR count). The van der Waals surface area contributed by atoms with E-state index in [2.05, 4.69) is 0 Å². The summed E-state index contributed by atoms with van der Waals surface area (Å²) in [5, 5.41) is 9.37. The molecule has 0 atom stereocenters. The van der Waals surface area contributed by atoms with Crippen molar-refractivity contribution in [3.8, 4) is 5.75 Å². The van der Waals surface area contributed by atoms with Gasteiger partial charge in [-0.05, 0) is 24.0 Å². The molecule has 0 saturated carbocycles. The van der Waals surface area contributed by atoms with Crippen LogP contribution in [0, 0.1) is 12.7 Å². The van der Waals surface area contributed by atoms with Gasteiger partial charge in [-0.15, -0.1) is 0 Å². The van der Waals surface area contributed by atoms with Crippen molar-refractivity contribution in [3.05, 3.63) is 29.1 Å². The van der Waals surface area contributed by atoms with Gasteiger partial charge in [-0.2, -0.15) is 0 Å². The largest absolute Gasteiger partial charge is 0.505 e. The van der Waals surface area contributed by atoms with Gasteiger partial charge in [0.05, 0.1) is 0 Å². The Balaban J connectivity index is 3.27. The highest BCUT2D eigenvalue weighted by atomic mass is 19.1. The first kappa shape index (κ1) is 9.04. The van der Waals surface area contributed by atoms with Crippen LogP contribution in [0.4, 0.5) is 4.39 Å². The molecule has 1 nitrogen and oxygen atoms in total. The van der Waals surface area contributed by atoms with Gasteiger partial charge in [0.25, 0.3) is 0 Å². The van der Waals surface area contributed by atoms with Gasteiger partial charge in [0.15, 0.2) is 11.6 Å². The van der Waals surface area contributed by atoms with E-state index in [1.165, 1.54) is 0 Å². The molecule has 1 aromatic rings. The fourth-order valence-corrected chi connectivity index (χ4v) is 1.15. The Morgan fingerprint density at radius 1 is 1.33 bits per heavy atom. The van der Waals surface area contributed by atoms with E-state index in [0.29, 0.717) is 11.1 Å². The number of halogens is 1. The van der Waals surface area contributed by atoms with Crippen LogP contribution in [-0.2, 0) is 0 Å². The summed E-state index contributed by atoms with van der Waals surface area (Å²) in [6, 6.07) is 3.45. The second-order valence-electron chi connectivity index (χ2n) is 3.29. The molecule has 0 aliphatic rings. The minimum Gasteiger partial charge on any atom is -0.505 e. The standard InChI is InChI=1S/C10H13FO/c1-6(2)8-5-4-7(3)9(11)10(8)12/h4-6,12H,1-3H3. The third kappa shape index (κ3) is 1.42. The second kappa shape index (κ2) is 3.13. The summed E-state index contributed by atoms with van der Waals surface area (Å²) in [5.41, 5.74) is 1.15. The Bertz CT molecular complexity index is 292. The van der Waals surface area contributed by atoms with Gasteiger partial charge in [0.1, 0.15) is 0 Å². The molecule has 0 amide bonds. The number of phenolic OH excluding ortho intramolecular Hbond substituents is 1. The van der Waals surface area contributed by atoms with E-state index in [0.717, 1.165) is 0 Å². The zero-order valence-corrected chi connectivity index (χ0v) is 7.56. The fraction of sp³-hybridized carbons (Fsp3) is 0.400. The normalized spacial score (nSPS) is 10.8. The zero-order valence-electron chi connectivity index (χ0n) is 7.56. The van der Waals surface area contributed by atoms with Crippen LogP contribution in [-0.4, -0.2) is 5.11 Å². The molecule has 2 heteroatoms. The quantitative estimate of drug-likeness (QED) is 0.683. The van der Waals surface area contributed by atoms with Crippen molar-refractivity contribution in [3.63, 3.8) is 0 Å². The molecule has 0 aliphatic heterocycles. The minimum atomic E-state index is -0.499. The first-order chi connectivity index (χ1) is 5.54. The smallest absolute Gasteiger partial charge is 0.167 e. The van der Waals surface area contributed by atoms with Gasteiger partial charge in [0, 0.05) is 0 Å². The van der Waals surface area contributed by atoms with Gasteiger partial charge in [0.2, 0.25) is 0 Å². The van der Waals surface area contributed by atoms with Crippen molar-refractivity contribution in [1.82, 2.24) is 0 Å². The van der Waals surface area contributed by atoms with Gasteiger partial charge < -0.3 is 5.11 Å². The number of aromatic hydroxyl groups is 1. The molecule has 0 radical (unpaired) electrons. The van der Waals surface area contributed by atoms with Crippen LogP contribution in [0.2, 0.25) is 0 Å². The van der Waals surface area contributed by atoms with Crippen molar-refractivity contribution in [1.29, 1.82) is 0 Å². The maximum absolute atomic E-state index is 13.1. The summed E-state index contributed by atoms with van der Waals surface area (Å²) in [7, 11) is 0. The Morgan fingerprint density at radius 3 is 2.42 bits per heavy atom. The molecule has 0 fully saturated rings. The molecule has 1 aromatic carbocycles. The van der Waals surface area contributed by atoms with Crippen LogP contribution in [0.25, 0.3) is 0 Å². The fourth-order valence-electron chi connectivity index (χ4n) is 1.15. The van der Waals surface area contributed by atoms with Crippen LogP contribution in [0.3, 0.4) is 0 Å². The number of benzene rings is 1. The molecule has 1 N–H and O–H groups in total. The number of hydrogen-bond acceptors (Lipinski definition) is 1. The van der Waals surface area contributed by atoms with Gasteiger partial charge in [-0.1, -0.05) is 26.0 Å². The Morgan fingerprint density at radius 2 is 1.92 bits per heavy atom. The average molecular weight is 168 g/mol. The topological polar surface area (TPSA) is 20.2 Å². The summed E-state index contributed by atoms with van der Waals surface area (Å²) >= 11 is 0. The highest BCUT2D eigenvalue weighted by Crippen LogP contribution is 2.29. The molecule has 0 aromatic heterocycles. The Labute approximate surface area is 71.9 Å². The van der Waals surface area contributed by atoms with E-state index in [1.807, 2.05) is 13.8 Å². The first-order valence-electron chi connectivity index (χ1n) is 4.02. The van der Waals surface area contributed by atoms with E-state index < -0.39 is 5.82 Å². The van der Waals surface area contributed by atoms with E-state index in [4.69, 9.17) is 0 Å². The Kier molecular flexibility index (Phi) is 2.36. The van der Waals surface area contributed by atoms with E-state index in [1.54, 1.807) is 19.1 Å². The predicted octanol–water partition coefficient (Wildman–Crippen LogP) is 2.96. The van der Waals surface area contributed by atoms with Crippen molar-refractivity contribution in [2.24, 2.45) is 0 Å². The molecular weight excluding hydrogens is 155 g/mol. The number of aryl methyl sites for hydroxylation is 1. The molecule has 0 spiro atoms. The molecule has 0 aliphatic carbocycles. The van der Waals surface area contributed by atoms with Crippen molar-refractivity contribution >= 4 is 0 Å². The molecule has 66 valence electrons. The monoisotopic (exact) mass is 168 g/mol. The molecule has 0 heterocycles. The summed E-state index contributed by atoms with van der Waals surface area (Å²) in [6.07, 6.45) is 0. The number of rotatable bonds is 1. The maximum atomic E-state index is 13.1. The number of hydrogen-bond donors (Lipinski definition) is 1. The first-order valence-corrected chi connectivity index (χ1v) is 4.02. The lowest BCUT2D eigenvalue weighted by atomic mass is 10.0. The number of phenols is 1. The zero-order chi connectivity index (χ0) is 9.30. The summed E-state index contributed by atoms with van der Waals surface area (Å²) < 4.78 is 13.1. The molecular formula is C10H13FO. The van der Waals surface area contributed by atoms with Crippen LogP contribution in [0.15, 0.2) is 12.1 Å². The lowest BCUT2D eigenvalue weighted by molar-refractivity contribution is 0.421. The van der Waals surface area contributed by atoms with E-state index >= 15 is 0 Å². The average Bonchev–Trinajstić information content (AvgIpc) is 2.00. The van der Waals surface area contributed by atoms with Crippen LogP contribution in [0.1, 0.15) is 30.9 Å². The maximum Gasteiger partial charge on any atom is 0.167 e. The van der Waals surface area contributed by atoms with Crippen LogP contribution in [0.5, 0.6) is 5.75 Å². The Hall–Kier alpha value is -1.05. The summed E-state index contributed by atoms with van der Waals surface area (Å²) in [5.74, 6) is -0.550. The highest BCUT2D eigenvalue weighted by molar-refractivity contribution is 5.39. The van der Waals surface area contributed by atoms with Crippen molar-refractivity contribution in [2.45, 2.75) is 26.7 Å². The lowest BCUT2D eigenvalue weighted by Crippen LogP contribution is -1.92. The van der Waals surface area contributed by atoms with Crippen LogP contribution < -0.4 is 0 Å². The SMILES string of the molecule is Cc1ccc(C(C)C)c(O)c1F. The molecule has 12 heavy (non-hydrogen) atoms. The summed E-state index contributed by atoms with van der Waals surface area (Å²) in [6.45, 7) is 5.48. The van der Waals surface area contributed by atoms with Crippen LogP contribution >= 0.6 is 0 Å². The van der Waals surface area contributed by atoms with E-state index in [-0.39, 0.29) is 11.7 Å². The lowest BCUT2D eigenvalue weighted by Gasteiger charge is -2.09. The van der Waals surface area contributed by atoms with E-state index in [9.17, 15) is 9.50 Å². The molecule has 0 saturated heterocycles. The third-order valence-corrected chi connectivity index (χ3v) is 1.96. The van der Waals surface area contributed by atoms with Gasteiger partial charge in [-0.25, -0.2) is 4.39 Å². The minimum absolute atomic E-state index is 0.153. The summed E-state index contributed by atoms with van der Waals surface area (Å²) in [4.78, 5) is 0. The van der Waals surface area contributed by atoms with Crippen molar-refractivity contribution < 1.29 is 9.50 Å².